The summed E-state index contributed by atoms with van der Waals surface area (Å²) in [4.78, 5) is 10.6. The third-order valence-corrected chi connectivity index (χ3v) is 9.26. The lowest BCUT2D eigenvalue weighted by molar-refractivity contribution is 0.334. The van der Waals surface area contributed by atoms with Crippen molar-refractivity contribution in [3.05, 3.63) is 120 Å². The van der Waals surface area contributed by atoms with Gasteiger partial charge in [0.15, 0.2) is 0 Å². The number of aryl methyl sites for hydroxylation is 2. The number of benzene rings is 2. The zero-order chi connectivity index (χ0) is 31.6. The molecule has 0 bridgehead atoms. The van der Waals surface area contributed by atoms with Crippen LogP contribution >= 0.6 is 0 Å². The first-order valence-corrected chi connectivity index (χ1v) is 16.4. The van der Waals surface area contributed by atoms with Crippen LogP contribution in [0.2, 0.25) is 0 Å². The molecule has 1 saturated carbocycles. The Morgan fingerprint density at radius 2 is 1.91 bits per heavy atom. The average Bonchev–Trinajstić information content (AvgIpc) is 3.42. The number of anilines is 1. The Kier molecular flexibility index (Phi) is 8.41. The van der Waals surface area contributed by atoms with Gasteiger partial charge in [-0.25, -0.2) is 4.39 Å². The molecule has 7 rings (SSSR count). The third-order valence-electron chi connectivity index (χ3n) is 9.26. The monoisotopic (exact) mass is 612 g/mol. The molecule has 2 aromatic carbocycles. The van der Waals surface area contributed by atoms with Crippen molar-refractivity contribution >= 4 is 22.2 Å². The fourth-order valence-corrected chi connectivity index (χ4v) is 6.67. The Hall–Kier alpha value is -4.75. The number of hydrogen-bond donors (Lipinski definition) is 3. The van der Waals surface area contributed by atoms with Crippen LogP contribution in [0.1, 0.15) is 54.5 Å². The van der Waals surface area contributed by atoms with Crippen molar-refractivity contribution in [2.24, 2.45) is 5.92 Å². The van der Waals surface area contributed by atoms with Crippen LogP contribution in [-0.2, 0) is 6.42 Å². The summed E-state index contributed by atoms with van der Waals surface area (Å²) < 4.78 is 15.0. The van der Waals surface area contributed by atoms with Gasteiger partial charge in [-0.1, -0.05) is 37.4 Å². The zero-order valence-electron chi connectivity index (χ0n) is 26.5. The Balaban J connectivity index is 1.17. The van der Waals surface area contributed by atoms with E-state index in [1.165, 1.54) is 38.8 Å². The van der Waals surface area contributed by atoms with Gasteiger partial charge in [-0.15, -0.1) is 0 Å². The average molecular weight is 613 g/mol. The van der Waals surface area contributed by atoms with Crippen molar-refractivity contribution in [3.8, 4) is 22.5 Å². The molecule has 0 unspecified atom stereocenters. The number of halogens is 1. The van der Waals surface area contributed by atoms with E-state index in [9.17, 15) is 4.39 Å². The summed E-state index contributed by atoms with van der Waals surface area (Å²) >= 11 is 0. The van der Waals surface area contributed by atoms with Crippen LogP contribution in [0.25, 0.3) is 39.0 Å². The molecule has 2 fully saturated rings. The minimum absolute atomic E-state index is 0.214. The highest BCUT2D eigenvalue weighted by molar-refractivity contribution is 5.96. The molecule has 0 atom stereocenters. The Labute approximate surface area is 270 Å². The Morgan fingerprint density at radius 1 is 1.07 bits per heavy atom. The van der Waals surface area contributed by atoms with Crippen LogP contribution in [0.3, 0.4) is 0 Å². The topological polar surface area (TPSA) is 72.6 Å². The van der Waals surface area contributed by atoms with Gasteiger partial charge in [-0.3, -0.25) is 10.1 Å². The molecule has 1 aliphatic carbocycles. The summed E-state index contributed by atoms with van der Waals surface area (Å²) in [5, 5.41) is 12.4. The first kappa shape index (κ1) is 29.9. The maximum Gasteiger partial charge on any atom is 0.124 e. The highest BCUT2D eigenvalue weighted by Gasteiger charge is 2.24. The second kappa shape index (κ2) is 12.9. The van der Waals surface area contributed by atoms with Gasteiger partial charge >= 0.3 is 0 Å². The van der Waals surface area contributed by atoms with Crippen molar-refractivity contribution in [1.29, 1.82) is 0 Å². The number of fused-ring (bicyclic) bond motifs is 1. The fourth-order valence-electron chi connectivity index (χ4n) is 6.67. The van der Waals surface area contributed by atoms with E-state index in [-0.39, 0.29) is 5.82 Å². The number of hydrogen-bond acceptors (Lipinski definition) is 4. The lowest BCUT2D eigenvalue weighted by atomic mass is 9.94. The van der Waals surface area contributed by atoms with Crippen LogP contribution in [0, 0.1) is 18.7 Å². The van der Waals surface area contributed by atoms with E-state index < -0.39 is 0 Å². The van der Waals surface area contributed by atoms with Crippen LogP contribution in [0.5, 0.6) is 0 Å². The third kappa shape index (κ3) is 6.46. The normalized spacial score (nSPS) is 15.5. The van der Waals surface area contributed by atoms with Crippen molar-refractivity contribution < 1.29 is 4.39 Å². The van der Waals surface area contributed by atoms with Crippen molar-refractivity contribution in [2.75, 3.05) is 25.0 Å². The van der Waals surface area contributed by atoms with E-state index in [0.29, 0.717) is 5.92 Å². The molecule has 1 aliphatic heterocycles. The smallest absolute Gasteiger partial charge is 0.124 e. The summed E-state index contributed by atoms with van der Waals surface area (Å²) in [6.07, 6.45) is 14.3. The van der Waals surface area contributed by atoms with Crippen LogP contribution in [-0.4, -0.2) is 44.7 Å². The number of allylic oxidation sites excluding steroid dienone is 3. The molecule has 0 amide bonds. The second-order valence-corrected chi connectivity index (χ2v) is 12.8. The van der Waals surface area contributed by atoms with Gasteiger partial charge in [0.2, 0.25) is 0 Å². The highest BCUT2D eigenvalue weighted by Crippen LogP contribution is 2.37. The first-order chi connectivity index (χ1) is 22.4. The minimum atomic E-state index is -0.214. The highest BCUT2D eigenvalue weighted by atomic mass is 19.1. The molecule has 5 aromatic rings. The Bertz CT molecular complexity index is 1940. The molecule has 0 spiro atoms. The molecule has 234 valence electrons. The molecule has 3 aromatic heterocycles. The van der Waals surface area contributed by atoms with E-state index in [2.05, 4.69) is 74.8 Å². The van der Waals surface area contributed by atoms with Gasteiger partial charge in [-0.2, -0.15) is 5.10 Å². The molecule has 46 heavy (non-hydrogen) atoms. The maximum absolute atomic E-state index is 15.0. The number of aromatic amines is 2. The van der Waals surface area contributed by atoms with Gasteiger partial charge in [0.05, 0.1) is 23.1 Å². The van der Waals surface area contributed by atoms with Gasteiger partial charge in [0.1, 0.15) is 11.5 Å². The maximum atomic E-state index is 15.0. The molecular weight excluding hydrogens is 571 g/mol. The Morgan fingerprint density at radius 3 is 2.72 bits per heavy atom. The standard InChI is InChI=1S/C39H41FN6/c1-4-8-34(30-17-27(18-32(40)19-30)9-7-16-46-14-5-6-15-46)35-22-38(43-26(35)3)39-36-21-29(12-13-37(36)44-45-39)31-20-33(24-41-23-31)42-25(2)28-10-11-28/h4,8,12-13,17-24,28,42-43H,1-2,5-7,9-11,14-16H2,3H3,(H,44,45)/b34-8-. The van der Waals surface area contributed by atoms with Crippen LogP contribution in [0.4, 0.5) is 10.1 Å². The predicted molar refractivity (Wildman–Crippen MR) is 187 cm³/mol. The number of rotatable bonds is 12. The van der Waals surface area contributed by atoms with E-state index in [4.69, 9.17) is 5.10 Å². The lowest BCUT2D eigenvalue weighted by Gasteiger charge is -2.15. The van der Waals surface area contributed by atoms with E-state index in [1.54, 1.807) is 18.2 Å². The quantitative estimate of drug-likeness (QED) is 0.123. The lowest BCUT2D eigenvalue weighted by Crippen LogP contribution is -2.20. The first-order valence-electron chi connectivity index (χ1n) is 16.4. The van der Waals surface area contributed by atoms with Gasteiger partial charge in [-0.05, 0) is 130 Å². The number of nitrogens with zero attached hydrogens (tertiary/aromatic N) is 3. The summed E-state index contributed by atoms with van der Waals surface area (Å²) in [6, 6.07) is 16.0. The van der Waals surface area contributed by atoms with Crippen LogP contribution in [0.15, 0.2) is 91.9 Å². The summed E-state index contributed by atoms with van der Waals surface area (Å²) in [5.74, 6) is 0.352. The number of nitrogens with one attached hydrogen (secondary N) is 3. The molecule has 7 heteroatoms. The molecule has 6 nitrogen and oxygen atoms in total. The SMILES string of the molecule is C=C/C=C(/c1cc(F)cc(CCCN2CCCC2)c1)c1cc(-c2n[nH]c3ccc(-c4cncc(NC(=C)C5CC5)c4)cc23)[nH]c1C. The molecule has 0 radical (unpaired) electrons. The molecular formula is C39H41FN6. The van der Waals surface area contributed by atoms with Crippen molar-refractivity contribution in [1.82, 2.24) is 25.1 Å². The summed E-state index contributed by atoms with van der Waals surface area (Å²) in [7, 11) is 0. The molecule has 4 heterocycles. The number of aromatic nitrogens is 4. The second-order valence-electron chi connectivity index (χ2n) is 12.8. The number of pyridine rings is 1. The number of H-pyrrole nitrogens is 2. The fraction of sp³-hybridized carbons (Fsp3) is 0.282. The van der Waals surface area contributed by atoms with Gasteiger partial charge in [0.25, 0.3) is 0 Å². The molecule has 1 saturated heterocycles. The van der Waals surface area contributed by atoms with Crippen molar-refractivity contribution in [3.63, 3.8) is 0 Å². The van der Waals surface area contributed by atoms with Gasteiger partial charge < -0.3 is 15.2 Å². The van der Waals surface area contributed by atoms with E-state index in [0.717, 1.165) is 92.1 Å². The van der Waals surface area contributed by atoms with Crippen LogP contribution < -0.4 is 5.32 Å². The zero-order valence-corrected chi connectivity index (χ0v) is 26.5. The molecule has 3 N–H and O–H groups in total. The number of likely N-dealkylation sites (tertiary alicyclic amines) is 1. The van der Waals surface area contributed by atoms with E-state index >= 15 is 0 Å². The largest absolute Gasteiger partial charge is 0.358 e. The molecule has 2 aliphatic rings. The van der Waals surface area contributed by atoms with Gasteiger partial charge in [0, 0.05) is 34.1 Å². The van der Waals surface area contributed by atoms with E-state index in [1.807, 2.05) is 25.4 Å². The summed E-state index contributed by atoms with van der Waals surface area (Å²) in [6.45, 7) is 13.6. The predicted octanol–water partition coefficient (Wildman–Crippen LogP) is 9.05. The van der Waals surface area contributed by atoms with Crippen molar-refractivity contribution in [2.45, 2.75) is 45.4 Å². The summed E-state index contributed by atoms with van der Waals surface area (Å²) in [5.41, 5.74) is 11.5. The minimum Gasteiger partial charge on any atom is -0.358 e.